The summed E-state index contributed by atoms with van der Waals surface area (Å²) < 4.78 is 0. The van der Waals surface area contributed by atoms with Crippen molar-refractivity contribution in [2.24, 2.45) is 4.99 Å². The Labute approximate surface area is 215 Å². The maximum absolute atomic E-state index is 10.5. The Morgan fingerprint density at radius 3 is 2.00 bits per heavy atom. The third-order valence-corrected chi connectivity index (χ3v) is 6.14. The van der Waals surface area contributed by atoms with Gasteiger partial charge in [-0.15, -0.1) is 11.8 Å². The Hall–Kier alpha value is -4.42. The Morgan fingerprint density at radius 2 is 1.33 bits per heavy atom. The maximum atomic E-state index is 10.5. The molecule has 180 valence electrons. The van der Waals surface area contributed by atoms with Crippen molar-refractivity contribution in [1.82, 2.24) is 0 Å². The fraction of sp³-hybridized carbons (Fsp3) is 0.0333. The minimum Gasteiger partial charge on any atom is -0.505 e. The molecule has 36 heavy (non-hydrogen) atoms. The Morgan fingerprint density at radius 1 is 0.750 bits per heavy atom. The van der Waals surface area contributed by atoms with Gasteiger partial charge in [-0.3, -0.25) is 0 Å². The number of para-hydroxylation sites is 2. The summed E-state index contributed by atoms with van der Waals surface area (Å²) in [5.74, 6) is 0.0859. The topological polar surface area (TPSA) is 96.7 Å². The number of nitrogens with one attached hydrogen (secondary N) is 1. The monoisotopic (exact) mass is 492 g/mol. The number of hydrogen-bond acceptors (Lipinski definition) is 6. The molecule has 5 nitrogen and oxygen atoms in total. The van der Waals surface area contributed by atoms with Gasteiger partial charge in [-0.25, -0.2) is 4.99 Å². The smallest absolute Gasteiger partial charge is 0.149 e. The molecule has 0 aromatic heterocycles. The number of aromatic hydroxyl groups is 1. The van der Waals surface area contributed by atoms with E-state index < -0.39 is 0 Å². The molecular formula is C30H28N4OS. The second-order valence-electron chi connectivity index (χ2n) is 7.98. The van der Waals surface area contributed by atoms with Crippen molar-refractivity contribution in [3.63, 3.8) is 0 Å². The number of nitrogen functional groups attached to an aromatic ring is 2. The third kappa shape index (κ3) is 6.17. The molecule has 0 radical (unpaired) electrons. The number of phenols is 1. The molecule has 0 aliphatic rings. The van der Waals surface area contributed by atoms with Gasteiger partial charge in [0, 0.05) is 22.4 Å². The molecule has 0 bridgehead atoms. The summed E-state index contributed by atoms with van der Waals surface area (Å²) >= 11 is 1.48. The molecule has 0 atom stereocenters. The van der Waals surface area contributed by atoms with Crippen LogP contribution in [0.5, 0.6) is 5.75 Å². The average molecular weight is 493 g/mol. The van der Waals surface area contributed by atoms with Gasteiger partial charge in [0.1, 0.15) is 10.8 Å². The fourth-order valence-electron chi connectivity index (χ4n) is 3.62. The van der Waals surface area contributed by atoms with Crippen molar-refractivity contribution in [2.75, 3.05) is 23.0 Å². The van der Waals surface area contributed by atoms with Crippen LogP contribution in [0.4, 0.5) is 28.4 Å². The number of benzene rings is 5. The first-order valence-corrected chi connectivity index (χ1v) is 12.6. The van der Waals surface area contributed by atoms with Crippen LogP contribution in [-0.2, 0) is 0 Å². The van der Waals surface area contributed by atoms with Gasteiger partial charge in [0.25, 0.3) is 0 Å². The lowest BCUT2D eigenvalue weighted by molar-refractivity contribution is 0.478. The molecule has 0 aliphatic carbocycles. The number of nitrogens with zero attached hydrogens (tertiary/aromatic N) is 1. The van der Waals surface area contributed by atoms with Crippen molar-refractivity contribution in [2.45, 2.75) is 0 Å². The maximum Gasteiger partial charge on any atom is 0.149 e. The number of thioether (sulfide) groups is 1. The standard InChI is InChI=1S/C18H16N2OS.C12H12N2/c1-22-18(20-13-8-3-2-4-9-13)15-11-12-7-5-6-10-14(12)16(19)17(15)21;13-10-6-8-12(9-7-10)14-11-4-2-1-3-5-11/h2-11,21H,19H2,1H3;1-9,14H,13H2. The summed E-state index contributed by atoms with van der Waals surface area (Å²) in [6.07, 6.45) is 1.94. The van der Waals surface area contributed by atoms with Crippen LogP contribution in [-0.4, -0.2) is 16.4 Å². The summed E-state index contributed by atoms with van der Waals surface area (Å²) in [5.41, 5.74) is 16.5. The first kappa shape index (κ1) is 24.7. The van der Waals surface area contributed by atoms with Crippen molar-refractivity contribution in [3.8, 4) is 5.75 Å². The van der Waals surface area contributed by atoms with Crippen LogP contribution in [0, 0.1) is 0 Å². The number of hydrogen-bond donors (Lipinski definition) is 4. The molecular weight excluding hydrogens is 464 g/mol. The number of fused-ring (bicyclic) bond motifs is 1. The number of nitrogens with two attached hydrogens (primary N) is 2. The molecule has 0 unspecified atom stereocenters. The lowest BCUT2D eigenvalue weighted by atomic mass is 10.0. The zero-order chi connectivity index (χ0) is 25.3. The van der Waals surface area contributed by atoms with Gasteiger partial charge < -0.3 is 21.9 Å². The zero-order valence-corrected chi connectivity index (χ0v) is 20.7. The summed E-state index contributed by atoms with van der Waals surface area (Å²) in [6.45, 7) is 0. The molecule has 6 heteroatoms. The molecule has 0 aliphatic heterocycles. The van der Waals surface area contributed by atoms with E-state index in [9.17, 15) is 5.11 Å². The summed E-state index contributed by atoms with van der Waals surface area (Å²) in [5, 5.41) is 16.3. The summed E-state index contributed by atoms with van der Waals surface area (Å²) in [7, 11) is 0. The minimum absolute atomic E-state index is 0.0859. The van der Waals surface area contributed by atoms with Crippen LogP contribution < -0.4 is 16.8 Å². The first-order chi connectivity index (χ1) is 17.5. The molecule has 5 aromatic rings. The van der Waals surface area contributed by atoms with E-state index in [4.69, 9.17) is 11.5 Å². The van der Waals surface area contributed by atoms with Crippen LogP contribution >= 0.6 is 11.8 Å². The van der Waals surface area contributed by atoms with E-state index in [1.807, 2.05) is 122 Å². The molecule has 0 saturated carbocycles. The highest BCUT2D eigenvalue weighted by Gasteiger charge is 2.14. The van der Waals surface area contributed by atoms with Crippen LogP contribution in [0.25, 0.3) is 10.8 Å². The van der Waals surface area contributed by atoms with E-state index in [-0.39, 0.29) is 5.75 Å². The van der Waals surface area contributed by atoms with Crippen LogP contribution in [0.15, 0.2) is 120 Å². The fourth-order valence-corrected chi connectivity index (χ4v) is 4.19. The summed E-state index contributed by atoms with van der Waals surface area (Å²) in [4.78, 5) is 4.62. The molecule has 6 N–H and O–H groups in total. The van der Waals surface area contributed by atoms with Crippen molar-refractivity contribution in [1.29, 1.82) is 0 Å². The average Bonchev–Trinajstić information content (AvgIpc) is 2.92. The molecule has 0 fully saturated rings. The molecule has 0 heterocycles. The Kier molecular flexibility index (Phi) is 8.11. The predicted octanol–water partition coefficient (Wildman–Crippen LogP) is 7.58. The van der Waals surface area contributed by atoms with Crippen LogP contribution in [0.2, 0.25) is 0 Å². The van der Waals surface area contributed by atoms with Gasteiger partial charge in [0.2, 0.25) is 0 Å². The number of phenolic OH excluding ortho intramolecular Hbond substituents is 1. The van der Waals surface area contributed by atoms with Gasteiger partial charge in [-0.1, -0.05) is 60.7 Å². The molecule has 5 aromatic carbocycles. The molecule has 5 rings (SSSR count). The predicted molar refractivity (Wildman–Crippen MR) is 157 cm³/mol. The Bertz CT molecular complexity index is 1450. The summed E-state index contributed by atoms with van der Waals surface area (Å²) in [6, 6.07) is 37.1. The van der Waals surface area contributed by atoms with Crippen molar-refractivity contribution >= 4 is 56.0 Å². The van der Waals surface area contributed by atoms with Gasteiger partial charge in [0.15, 0.2) is 0 Å². The highest BCUT2D eigenvalue weighted by atomic mass is 32.2. The van der Waals surface area contributed by atoms with Gasteiger partial charge in [0.05, 0.1) is 16.9 Å². The van der Waals surface area contributed by atoms with E-state index in [1.165, 1.54) is 11.8 Å². The molecule has 0 amide bonds. The molecule has 0 spiro atoms. The number of aliphatic imine (C=N–C) groups is 1. The highest BCUT2D eigenvalue weighted by molar-refractivity contribution is 8.13. The largest absolute Gasteiger partial charge is 0.505 e. The second kappa shape index (κ2) is 11.8. The van der Waals surface area contributed by atoms with Crippen LogP contribution in [0.3, 0.4) is 0 Å². The highest BCUT2D eigenvalue weighted by Crippen LogP contribution is 2.36. The SMILES string of the molecule is CSC(=Nc1ccccc1)c1cc2ccccc2c(N)c1O.Nc1ccc(Nc2ccccc2)cc1. The van der Waals surface area contributed by atoms with E-state index in [2.05, 4.69) is 10.3 Å². The second-order valence-corrected chi connectivity index (χ2v) is 8.77. The van der Waals surface area contributed by atoms with Crippen molar-refractivity contribution in [3.05, 3.63) is 121 Å². The first-order valence-electron chi connectivity index (χ1n) is 11.4. The zero-order valence-electron chi connectivity index (χ0n) is 19.9. The number of anilines is 4. The van der Waals surface area contributed by atoms with E-state index in [1.54, 1.807) is 0 Å². The van der Waals surface area contributed by atoms with E-state index >= 15 is 0 Å². The van der Waals surface area contributed by atoms with Gasteiger partial charge in [-0.2, -0.15) is 0 Å². The quantitative estimate of drug-likeness (QED) is 0.0897. The lowest BCUT2D eigenvalue weighted by Crippen LogP contribution is -1.99. The van der Waals surface area contributed by atoms with E-state index in [0.29, 0.717) is 11.3 Å². The van der Waals surface area contributed by atoms with Crippen molar-refractivity contribution < 1.29 is 5.11 Å². The lowest BCUT2D eigenvalue weighted by Gasteiger charge is -2.11. The van der Waals surface area contributed by atoms with E-state index in [0.717, 1.165) is 38.6 Å². The minimum atomic E-state index is 0.0859. The van der Waals surface area contributed by atoms with Gasteiger partial charge >= 0.3 is 0 Å². The van der Waals surface area contributed by atoms with Crippen LogP contribution in [0.1, 0.15) is 5.56 Å². The normalized spacial score (nSPS) is 11.0. The number of rotatable bonds is 4. The Balaban J connectivity index is 0.000000187. The van der Waals surface area contributed by atoms with Gasteiger partial charge in [-0.05, 0) is 66.2 Å². The molecule has 0 saturated heterocycles. The third-order valence-electron chi connectivity index (χ3n) is 5.44.